The van der Waals surface area contributed by atoms with E-state index >= 15 is 0 Å². The summed E-state index contributed by atoms with van der Waals surface area (Å²) in [5.41, 5.74) is 3.41. The first-order chi connectivity index (χ1) is 12.7. The van der Waals surface area contributed by atoms with Crippen LogP contribution in [-0.4, -0.2) is 27.7 Å². The van der Waals surface area contributed by atoms with E-state index in [1.54, 1.807) is 32.2 Å². The van der Waals surface area contributed by atoms with Crippen molar-refractivity contribution in [3.8, 4) is 5.75 Å². The van der Waals surface area contributed by atoms with Gasteiger partial charge >= 0.3 is 0 Å². The number of carbonyl (C=O) groups excluding carboxylic acids is 1. The number of nitrogens with one attached hydrogen (secondary N) is 2. The second kappa shape index (κ2) is 8.43. The maximum absolute atomic E-state index is 12.8. The van der Waals surface area contributed by atoms with Crippen molar-refractivity contribution in [2.45, 2.75) is 33.2 Å². The highest BCUT2D eigenvalue weighted by atomic mass is 32.2. The SMILES string of the molecule is CCC(NC(=O)c1cccc(NS(C)(=O)=O)c1C)c1ccc(OC)c(C)c1. The monoisotopic (exact) mass is 390 g/mol. The largest absolute Gasteiger partial charge is 0.496 e. The van der Waals surface area contributed by atoms with E-state index in [2.05, 4.69) is 10.0 Å². The van der Waals surface area contributed by atoms with Crippen molar-refractivity contribution < 1.29 is 17.9 Å². The molecule has 0 aliphatic heterocycles. The zero-order valence-corrected chi connectivity index (χ0v) is 17.1. The molecule has 1 atom stereocenters. The van der Waals surface area contributed by atoms with Gasteiger partial charge in [-0.2, -0.15) is 0 Å². The fourth-order valence-electron chi connectivity index (χ4n) is 2.97. The van der Waals surface area contributed by atoms with Gasteiger partial charge in [0.15, 0.2) is 0 Å². The van der Waals surface area contributed by atoms with E-state index in [1.165, 1.54) is 0 Å². The Morgan fingerprint density at radius 1 is 1.19 bits per heavy atom. The van der Waals surface area contributed by atoms with Gasteiger partial charge in [-0.3, -0.25) is 9.52 Å². The minimum atomic E-state index is -3.42. The Balaban J connectivity index is 2.27. The van der Waals surface area contributed by atoms with Crippen LogP contribution in [0.2, 0.25) is 0 Å². The third-order valence-corrected chi connectivity index (χ3v) is 5.00. The van der Waals surface area contributed by atoms with Crippen molar-refractivity contribution in [3.05, 3.63) is 58.7 Å². The lowest BCUT2D eigenvalue weighted by molar-refractivity contribution is 0.0935. The number of carbonyl (C=O) groups is 1. The second-order valence-electron chi connectivity index (χ2n) is 6.52. The fraction of sp³-hybridized carbons (Fsp3) is 0.350. The lowest BCUT2D eigenvalue weighted by Crippen LogP contribution is -2.29. The molecule has 0 saturated heterocycles. The van der Waals surface area contributed by atoms with E-state index in [0.29, 0.717) is 16.8 Å². The quantitative estimate of drug-likeness (QED) is 0.757. The average molecular weight is 391 g/mol. The topological polar surface area (TPSA) is 84.5 Å². The normalized spacial score (nSPS) is 12.3. The maximum Gasteiger partial charge on any atom is 0.252 e. The molecule has 0 bridgehead atoms. The van der Waals surface area contributed by atoms with Crippen LogP contribution in [0.3, 0.4) is 0 Å². The molecule has 2 aromatic carbocycles. The summed E-state index contributed by atoms with van der Waals surface area (Å²) < 4.78 is 30.7. The molecular weight excluding hydrogens is 364 g/mol. The van der Waals surface area contributed by atoms with Crippen LogP contribution in [0.1, 0.15) is 46.4 Å². The summed E-state index contributed by atoms with van der Waals surface area (Å²) in [6, 6.07) is 10.7. The molecule has 0 aromatic heterocycles. The molecule has 6 nitrogen and oxygen atoms in total. The fourth-order valence-corrected chi connectivity index (χ4v) is 3.59. The summed E-state index contributed by atoms with van der Waals surface area (Å²) in [5.74, 6) is 0.556. The molecule has 0 spiro atoms. The van der Waals surface area contributed by atoms with Crippen molar-refractivity contribution in [1.29, 1.82) is 0 Å². The molecule has 1 amide bonds. The number of benzene rings is 2. The first kappa shape index (κ1) is 20.8. The molecule has 0 aliphatic carbocycles. The van der Waals surface area contributed by atoms with Crippen molar-refractivity contribution in [3.63, 3.8) is 0 Å². The first-order valence-electron chi connectivity index (χ1n) is 8.69. The minimum Gasteiger partial charge on any atom is -0.496 e. The van der Waals surface area contributed by atoms with Gasteiger partial charge in [-0.15, -0.1) is 0 Å². The van der Waals surface area contributed by atoms with Crippen molar-refractivity contribution in [2.24, 2.45) is 0 Å². The molecule has 0 fully saturated rings. The number of sulfonamides is 1. The van der Waals surface area contributed by atoms with Crippen LogP contribution >= 0.6 is 0 Å². The number of ether oxygens (including phenoxy) is 1. The van der Waals surface area contributed by atoms with E-state index < -0.39 is 10.0 Å². The van der Waals surface area contributed by atoms with Crippen LogP contribution in [0.15, 0.2) is 36.4 Å². The summed E-state index contributed by atoms with van der Waals surface area (Å²) >= 11 is 0. The number of aryl methyl sites for hydroxylation is 1. The number of amides is 1. The van der Waals surface area contributed by atoms with Crippen molar-refractivity contribution in [2.75, 3.05) is 18.1 Å². The van der Waals surface area contributed by atoms with Gasteiger partial charge in [0.1, 0.15) is 5.75 Å². The van der Waals surface area contributed by atoms with Crippen molar-refractivity contribution >= 4 is 21.6 Å². The van der Waals surface area contributed by atoms with Gasteiger partial charge in [0.2, 0.25) is 10.0 Å². The Labute approximate surface area is 161 Å². The van der Waals surface area contributed by atoms with E-state index in [1.807, 2.05) is 32.0 Å². The third-order valence-electron chi connectivity index (χ3n) is 4.41. The van der Waals surface area contributed by atoms with Gasteiger partial charge in [-0.25, -0.2) is 8.42 Å². The molecule has 27 heavy (non-hydrogen) atoms. The Hall–Kier alpha value is -2.54. The number of anilines is 1. The van der Waals surface area contributed by atoms with Gasteiger partial charge in [0, 0.05) is 5.56 Å². The highest BCUT2D eigenvalue weighted by Crippen LogP contribution is 2.25. The predicted octanol–water partition coefficient (Wildman–Crippen LogP) is 3.56. The molecular formula is C20H26N2O4S. The Morgan fingerprint density at radius 2 is 1.89 bits per heavy atom. The van der Waals surface area contributed by atoms with Crippen LogP contribution in [0.25, 0.3) is 0 Å². The molecule has 146 valence electrons. The maximum atomic E-state index is 12.8. The van der Waals surface area contributed by atoms with Crippen LogP contribution < -0.4 is 14.8 Å². The number of methoxy groups -OCH3 is 1. The van der Waals surface area contributed by atoms with Gasteiger partial charge in [-0.05, 0) is 55.2 Å². The van der Waals surface area contributed by atoms with E-state index in [0.717, 1.165) is 29.6 Å². The lowest BCUT2D eigenvalue weighted by atomic mass is 10.00. The summed E-state index contributed by atoms with van der Waals surface area (Å²) in [6.07, 6.45) is 1.80. The smallest absolute Gasteiger partial charge is 0.252 e. The van der Waals surface area contributed by atoms with Gasteiger partial charge in [0.05, 0.1) is 25.1 Å². The molecule has 0 heterocycles. The molecule has 2 N–H and O–H groups in total. The predicted molar refractivity (Wildman–Crippen MR) is 108 cm³/mol. The Morgan fingerprint density at radius 3 is 2.44 bits per heavy atom. The van der Waals surface area contributed by atoms with Crippen LogP contribution in [0, 0.1) is 13.8 Å². The molecule has 2 aromatic rings. The van der Waals surface area contributed by atoms with Gasteiger partial charge < -0.3 is 10.1 Å². The van der Waals surface area contributed by atoms with E-state index in [9.17, 15) is 13.2 Å². The zero-order chi connectivity index (χ0) is 20.2. The highest BCUT2D eigenvalue weighted by Gasteiger charge is 2.18. The van der Waals surface area contributed by atoms with Crippen LogP contribution in [0.5, 0.6) is 5.75 Å². The molecule has 1 unspecified atom stereocenters. The van der Waals surface area contributed by atoms with Gasteiger partial charge in [-0.1, -0.05) is 25.1 Å². The van der Waals surface area contributed by atoms with Gasteiger partial charge in [0.25, 0.3) is 5.91 Å². The van der Waals surface area contributed by atoms with Crippen LogP contribution in [0.4, 0.5) is 5.69 Å². The summed E-state index contributed by atoms with van der Waals surface area (Å²) in [5, 5.41) is 3.04. The standard InChI is InChI=1S/C20H26N2O4S/c1-6-17(15-10-11-19(26-4)13(2)12-15)21-20(23)16-8-7-9-18(14(16)3)22-27(5,24)25/h7-12,17,22H,6H2,1-5H3,(H,21,23). The molecule has 0 saturated carbocycles. The third kappa shape index (κ3) is 5.23. The number of hydrogen-bond acceptors (Lipinski definition) is 4. The zero-order valence-electron chi connectivity index (χ0n) is 16.3. The summed E-state index contributed by atoms with van der Waals surface area (Å²) in [7, 11) is -1.79. The molecule has 7 heteroatoms. The summed E-state index contributed by atoms with van der Waals surface area (Å²) in [6.45, 7) is 5.68. The highest BCUT2D eigenvalue weighted by molar-refractivity contribution is 7.92. The first-order valence-corrected chi connectivity index (χ1v) is 10.6. The molecule has 2 rings (SSSR count). The number of hydrogen-bond donors (Lipinski definition) is 2. The molecule has 0 radical (unpaired) electrons. The van der Waals surface area contributed by atoms with Crippen LogP contribution in [-0.2, 0) is 10.0 Å². The summed E-state index contributed by atoms with van der Waals surface area (Å²) in [4.78, 5) is 12.8. The van der Waals surface area contributed by atoms with E-state index in [-0.39, 0.29) is 11.9 Å². The minimum absolute atomic E-state index is 0.159. The lowest BCUT2D eigenvalue weighted by Gasteiger charge is -2.20. The second-order valence-corrected chi connectivity index (χ2v) is 8.26. The van der Waals surface area contributed by atoms with E-state index in [4.69, 9.17) is 4.74 Å². The number of rotatable bonds is 7. The Kier molecular flexibility index (Phi) is 6.49. The Bertz CT molecular complexity index is 939. The average Bonchev–Trinajstić information content (AvgIpc) is 2.60. The molecule has 0 aliphatic rings. The van der Waals surface area contributed by atoms with Crippen molar-refractivity contribution in [1.82, 2.24) is 5.32 Å².